The molecule has 0 aromatic heterocycles. The van der Waals surface area contributed by atoms with Crippen molar-refractivity contribution in [2.75, 3.05) is 19.6 Å². The summed E-state index contributed by atoms with van der Waals surface area (Å²) < 4.78 is 0. The van der Waals surface area contributed by atoms with Crippen molar-refractivity contribution in [2.45, 2.75) is 38.0 Å². The molecule has 2 heteroatoms. The van der Waals surface area contributed by atoms with E-state index in [2.05, 4.69) is 53.4 Å². The molecule has 0 saturated carbocycles. The Morgan fingerprint density at radius 2 is 1.77 bits per heavy atom. The average molecular weight is 292 g/mol. The number of benzene rings is 2. The Kier molecular flexibility index (Phi) is 5.08. The molecular weight excluding hydrogens is 268 g/mol. The number of likely N-dealkylation sites (tertiary alicyclic amines) is 1. The van der Waals surface area contributed by atoms with Gasteiger partial charge in [0.2, 0.25) is 0 Å². The van der Waals surface area contributed by atoms with Gasteiger partial charge in [-0.3, -0.25) is 0 Å². The molecule has 1 atom stereocenters. The maximum Gasteiger partial charge on any atom is 0.0719 e. The summed E-state index contributed by atoms with van der Waals surface area (Å²) in [5.74, 6) is 0.0101. The second-order valence-electron chi connectivity index (χ2n) is 6.29. The van der Waals surface area contributed by atoms with Crippen molar-refractivity contribution < 1.29 is 0 Å². The fourth-order valence-electron chi connectivity index (χ4n) is 3.55. The second-order valence-corrected chi connectivity index (χ2v) is 6.29. The molecule has 1 aliphatic heterocycles. The van der Waals surface area contributed by atoms with Crippen LogP contribution in [0, 0.1) is 11.3 Å². The quantitative estimate of drug-likeness (QED) is 0.797. The normalized spacial score (nSPS) is 17.2. The molecule has 1 fully saturated rings. The van der Waals surface area contributed by atoms with Gasteiger partial charge in [0, 0.05) is 0 Å². The van der Waals surface area contributed by atoms with Crippen molar-refractivity contribution in [1.29, 1.82) is 5.26 Å². The Morgan fingerprint density at radius 3 is 2.59 bits per heavy atom. The second kappa shape index (κ2) is 7.42. The van der Waals surface area contributed by atoms with Gasteiger partial charge in [0.1, 0.15) is 0 Å². The van der Waals surface area contributed by atoms with E-state index in [-0.39, 0.29) is 5.92 Å². The predicted octanol–water partition coefficient (Wildman–Crippen LogP) is 4.71. The van der Waals surface area contributed by atoms with Gasteiger partial charge in [-0.15, -0.1) is 0 Å². The van der Waals surface area contributed by atoms with Crippen LogP contribution in [-0.4, -0.2) is 24.5 Å². The molecule has 1 heterocycles. The molecule has 0 aliphatic carbocycles. The number of nitriles is 1. The highest BCUT2D eigenvalue weighted by Crippen LogP contribution is 2.28. The zero-order valence-electron chi connectivity index (χ0n) is 13.2. The first-order valence-corrected chi connectivity index (χ1v) is 8.48. The summed E-state index contributed by atoms with van der Waals surface area (Å²) in [5, 5.41) is 12.1. The van der Waals surface area contributed by atoms with Gasteiger partial charge in [-0.1, -0.05) is 48.9 Å². The lowest BCUT2D eigenvalue weighted by molar-refractivity contribution is 0.224. The number of rotatable bonds is 5. The van der Waals surface area contributed by atoms with E-state index in [1.807, 2.05) is 0 Å². The van der Waals surface area contributed by atoms with Gasteiger partial charge in [0.15, 0.2) is 0 Å². The lowest BCUT2D eigenvalue weighted by Gasteiger charge is -2.26. The minimum atomic E-state index is 0.0101. The van der Waals surface area contributed by atoms with E-state index in [1.54, 1.807) is 0 Å². The Labute approximate surface area is 133 Å². The molecule has 1 aliphatic rings. The molecule has 1 saturated heterocycles. The molecule has 1 unspecified atom stereocenters. The van der Waals surface area contributed by atoms with Gasteiger partial charge in [-0.2, -0.15) is 5.26 Å². The largest absolute Gasteiger partial charge is 0.303 e. The molecule has 2 nitrogen and oxygen atoms in total. The van der Waals surface area contributed by atoms with Crippen LogP contribution in [-0.2, 0) is 0 Å². The van der Waals surface area contributed by atoms with Crippen LogP contribution in [0.5, 0.6) is 0 Å². The summed E-state index contributed by atoms with van der Waals surface area (Å²) in [6.45, 7) is 3.62. The molecule has 0 amide bonds. The van der Waals surface area contributed by atoms with Crippen LogP contribution in [0.3, 0.4) is 0 Å². The molecular formula is C20H24N2. The minimum absolute atomic E-state index is 0.0101. The smallest absolute Gasteiger partial charge is 0.0719 e. The summed E-state index contributed by atoms with van der Waals surface area (Å²) in [5.41, 5.74) is 1.19. The van der Waals surface area contributed by atoms with Crippen LogP contribution in [0.1, 0.15) is 43.6 Å². The summed E-state index contributed by atoms with van der Waals surface area (Å²) in [7, 11) is 0. The highest BCUT2D eigenvalue weighted by Gasteiger charge is 2.15. The highest BCUT2D eigenvalue weighted by molar-refractivity contribution is 5.86. The minimum Gasteiger partial charge on any atom is -0.303 e. The average Bonchev–Trinajstić information content (AvgIpc) is 2.59. The van der Waals surface area contributed by atoms with E-state index < -0.39 is 0 Å². The molecule has 114 valence electrons. The number of hydrogen-bond donors (Lipinski definition) is 0. The van der Waals surface area contributed by atoms with Crippen LogP contribution >= 0.6 is 0 Å². The van der Waals surface area contributed by atoms with Gasteiger partial charge in [-0.05, 0) is 61.7 Å². The Hall–Kier alpha value is -1.85. The van der Waals surface area contributed by atoms with E-state index in [0.717, 1.165) is 19.4 Å². The zero-order chi connectivity index (χ0) is 15.2. The first kappa shape index (κ1) is 15.1. The van der Waals surface area contributed by atoms with Crippen LogP contribution in [0.25, 0.3) is 10.8 Å². The maximum atomic E-state index is 9.61. The lowest BCUT2D eigenvalue weighted by Crippen LogP contribution is -2.30. The number of fused-ring (bicyclic) bond motifs is 1. The van der Waals surface area contributed by atoms with Crippen LogP contribution < -0.4 is 0 Å². The van der Waals surface area contributed by atoms with E-state index in [9.17, 15) is 5.26 Å². The first-order chi connectivity index (χ1) is 10.9. The number of hydrogen-bond acceptors (Lipinski definition) is 2. The highest BCUT2D eigenvalue weighted by atomic mass is 15.1. The van der Waals surface area contributed by atoms with Crippen molar-refractivity contribution in [3.8, 4) is 6.07 Å². The number of piperidine rings is 1. The molecule has 3 rings (SSSR count). The Bertz CT molecular complexity index is 645. The lowest BCUT2D eigenvalue weighted by atomic mass is 9.91. The van der Waals surface area contributed by atoms with Gasteiger partial charge < -0.3 is 4.90 Å². The van der Waals surface area contributed by atoms with Crippen molar-refractivity contribution in [1.82, 2.24) is 4.90 Å². The fourth-order valence-corrected chi connectivity index (χ4v) is 3.55. The van der Waals surface area contributed by atoms with Crippen molar-refractivity contribution in [3.05, 3.63) is 48.0 Å². The summed E-state index contributed by atoms with van der Waals surface area (Å²) >= 11 is 0. The first-order valence-electron chi connectivity index (χ1n) is 8.48. The predicted molar refractivity (Wildman–Crippen MR) is 91.8 cm³/mol. The molecule has 0 radical (unpaired) electrons. The van der Waals surface area contributed by atoms with Crippen molar-refractivity contribution in [2.24, 2.45) is 0 Å². The topological polar surface area (TPSA) is 27.0 Å². The standard InChI is InChI=1S/C20H24N2/c21-16-18(10-7-15-22-13-4-1-5-14-22)20-12-6-9-17-8-2-3-11-19(17)20/h2-3,6,8-9,11-12,18H,1,4-5,7,10,13-15H2. The monoisotopic (exact) mass is 292 g/mol. The summed E-state index contributed by atoms with van der Waals surface area (Å²) in [6.07, 6.45) is 6.13. The van der Waals surface area contributed by atoms with Crippen LogP contribution in [0.4, 0.5) is 0 Å². The van der Waals surface area contributed by atoms with Gasteiger partial charge in [0.05, 0.1) is 12.0 Å². The fraction of sp³-hybridized carbons (Fsp3) is 0.450. The zero-order valence-corrected chi connectivity index (χ0v) is 13.2. The molecule has 0 N–H and O–H groups in total. The van der Waals surface area contributed by atoms with E-state index >= 15 is 0 Å². The van der Waals surface area contributed by atoms with E-state index in [0.29, 0.717) is 0 Å². The van der Waals surface area contributed by atoms with E-state index in [1.165, 1.54) is 48.7 Å². The maximum absolute atomic E-state index is 9.61. The molecule has 2 aromatic rings. The van der Waals surface area contributed by atoms with Gasteiger partial charge in [0.25, 0.3) is 0 Å². The van der Waals surface area contributed by atoms with Gasteiger partial charge >= 0.3 is 0 Å². The van der Waals surface area contributed by atoms with Crippen molar-refractivity contribution in [3.63, 3.8) is 0 Å². The third kappa shape index (κ3) is 3.48. The van der Waals surface area contributed by atoms with Crippen LogP contribution in [0.15, 0.2) is 42.5 Å². The van der Waals surface area contributed by atoms with Gasteiger partial charge in [-0.25, -0.2) is 0 Å². The van der Waals surface area contributed by atoms with Crippen LogP contribution in [0.2, 0.25) is 0 Å². The summed E-state index contributed by atoms with van der Waals surface area (Å²) in [6, 6.07) is 17.2. The molecule has 22 heavy (non-hydrogen) atoms. The Morgan fingerprint density at radius 1 is 1.00 bits per heavy atom. The number of nitrogens with zero attached hydrogens (tertiary/aromatic N) is 2. The Balaban J connectivity index is 1.66. The van der Waals surface area contributed by atoms with Crippen molar-refractivity contribution >= 4 is 10.8 Å². The third-order valence-electron chi connectivity index (χ3n) is 4.77. The molecule has 0 bridgehead atoms. The summed E-state index contributed by atoms with van der Waals surface area (Å²) in [4.78, 5) is 2.56. The molecule has 2 aromatic carbocycles. The van der Waals surface area contributed by atoms with E-state index in [4.69, 9.17) is 0 Å². The third-order valence-corrected chi connectivity index (χ3v) is 4.77. The molecule has 0 spiro atoms. The SMILES string of the molecule is N#CC(CCCN1CCCCC1)c1cccc2ccccc12.